The Kier molecular flexibility index (Phi) is 2.59. The number of imide groups is 1. The van der Waals surface area contributed by atoms with Crippen LogP contribution in [0, 0.1) is 24.2 Å². The first-order valence-electron chi connectivity index (χ1n) is 5.19. The van der Waals surface area contributed by atoms with E-state index in [1.54, 1.807) is 0 Å². The molecule has 0 aromatic carbocycles. The van der Waals surface area contributed by atoms with Gasteiger partial charge in [-0.25, -0.2) is 0 Å². The summed E-state index contributed by atoms with van der Waals surface area (Å²) in [5.41, 5.74) is 0. The number of hydrogen-bond acceptors (Lipinski definition) is 2. The van der Waals surface area contributed by atoms with Crippen LogP contribution in [0.4, 0.5) is 0 Å². The van der Waals surface area contributed by atoms with Gasteiger partial charge in [0.15, 0.2) is 0 Å². The molecular formula is C12H13NO2. The van der Waals surface area contributed by atoms with Gasteiger partial charge in [0, 0.05) is 13.0 Å². The van der Waals surface area contributed by atoms with E-state index in [4.69, 9.17) is 6.42 Å². The maximum atomic E-state index is 11.9. The van der Waals surface area contributed by atoms with Crippen molar-refractivity contribution < 1.29 is 9.59 Å². The Morgan fingerprint density at radius 1 is 1.27 bits per heavy atom. The minimum Gasteiger partial charge on any atom is -0.281 e. The van der Waals surface area contributed by atoms with Gasteiger partial charge in [-0.3, -0.25) is 14.5 Å². The Morgan fingerprint density at radius 3 is 2.27 bits per heavy atom. The van der Waals surface area contributed by atoms with Gasteiger partial charge >= 0.3 is 0 Å². The normalized spacial score (nSPS) is 29.1. The second-order valence-electron chi connectivity index (χ2n) is 3.94. The standard InChI is InChI=1S/C12H13NO2/c1-2-3-8-13-11(14)9-6-4-5-7-10(9)12(13)15/h1,4-5,9-10H,3,6-8H2. The number of hydrogen-bond donors (Lipinski definition) is 0. The fourth-order valence-corrected chi connectivity index (χ4v) is 2.27. The molecule has 0 radical (unpaired) electrons. The predicted molar refractivity (Wildman–Crippen MR) is 55.5 cm³/mol. The van der Waals surface area contributed by atoms with E-state index in [9.17, 15) is 9.59 Å². The van der Waals surface area contributed by atoms with Crippen molar-refractivity contribution in [2.45, 2.75) is 19.3 Å². The van der Waals surface area contributed by atoms with E-state index in [1.807, 2.05) is 12.2 Å². The Morgan fingerprint density at radius 2 is 1.80 bits per heavy atom. The van der Waals surface area contributed by atoms with Crippen LogP contribution in [-0.4, -0.2) is 23.3 Å². The molecule has 15 heavy (non-hydrogen) atoms. The number of fused-ring (bicyclic) bond motifs is 1. The molecule has 2 unspecified atom stereocenters. The summed E-state index contributed by atoms with van der Waals surface area (Å²) in [6, 6.07) is 0. The van der Waals surface area contributed by atoms with Gasteiger partial charge in [-0.1, -0.05) is 12.2 Å². The summed E-state index contributed by atoms with van der Waals surface area (Å²) in [4.78, 5) is 25.1. The maximum absolute atomic E-state index is 11.9. The number of nitrogens with zero attached hydrogens (tertiary/aromatic N) is 1. The van der Waals surface area contributed by atoms with Crippen LogP contribution in [-0.2, 0) is 9.59 Å². The van der Waals surface area contributed by atoms with Crippen molar-refractivity contribution in [1.82, 2.24) is 4.90 Å². The molecule has 1 aliphatic heterocycles. The fraction of sp³-hybridized carbons (Fsp3) is 0.500. The second kappa shape index (κ2) is 3.90. The second-order valence-corrected chi connectivity index (χ2v) is 3.94. The highest BCUT2D eigenvalue weighted by Gasteiger charge is 2.46. The first kappa shape index (κ1) is 9.97. The van der Waals surface area contributed by atoms with Crippen LogP contribution >= 0.6 is 0 Å². The minimum atomic E-state index is -0.125. The van der Waals surface area contributed by atoms with E-state index in [-0.39, 0.29) is 23.7 Å². The first-order valence-corrected chi connectivity index (χ1v) is 5.19. The van der Waals surface area contributed by atoms with Gasteiger partial charge in [0.1, 0.15) is 0 Å². The Hall–Kier alpha value is -1.56. The highest BCUT2D eigenvalue weighted by molar-refractivity contribution is 6.05. The van der Waals surface area contributed by atoms with Gasteiger partial charge in [-0.2, -0.15) is 0 Å². The van der Waals surface area contributed by atoms with Gasteiger partial charge in [-0.15, -0.1) is 12.3 Å². The van der Waals surface area contributed by atoms with Crippen LogP contribution in [0.5, 0.6) is 0 Å². The maximum Gasteiger partial charge on any atom is 0.233 e. The minimum absolute atomic E-state index is 0.0374. The van der Waals surface area contributed by atoms with E-state index < -0.39 is 0 Å². The molecule has 1 heterocycles. The summed E-state index contributed by atoms with van der Waals surface area (Å²) >= 11 is 0. The number of carbonyl (C=O) groups excluding carboxylic acids is 2. The summed E-state index contributed by atoms with van der Waals surface area (Å²) in [6.45, 7) is 0.376. The lowest BCUT2D eigenvalue weighted by atomic mass is 9.85. The van der Waals surface area contributed by atoms with Crippen LogP contribution in [0.3, 0.4) is 0 Å². The number of allylic oxidation sites excluding steroid dienone is 2. The molecule has 0 saturated carbocycles. The largest absolute Gasteiger partial charge is 0.281 e. The first-order chi connectivity index (χ1) is 7.25. The Labute approximate surface area is 89.1 Å². The third kappa shape index (κ3) is 1.56. The van der Waals surface area contributed by atoms with Crippen molar-refractivity contribution in [3.8, 4) is 12.3 Å². The molecule has 0 spiro atoms. The quantitative estimate of drug-likeness (QED) is 0.381. The summed E-state index contributed by atoms with van der Waals surface area (Å²) in [5.74, 6) is 2.13. The van der Waals surface area contributed by atoms with E-state index >= 15 is 0 Å². The SMILES string of the molecule is C#CCCN1C(=O)C2CC=CCC2C1=O. The van der Waals surface area contributed by atoms with Crippen molar-refractivity contribution in [3.63, 3.8) is 0 Å². The van der Waals surface area contributed by atoms with Crippen molar-refractivity contribution in [2.24, 2.45) is 11.8 Å². The molecule has 0 aromatic heterocycles. The molecule has 0 N–H and O–H groups in total. The molecule has 3 heteroatoms. The highest BCUT2D eigenvalue weighted by Crippen LogP contribution is 2.34. The molecule has 2 atom stereocenters. The van der Waals surface area contributed by atoms with E-state index in [0.29, 0.717) is 25.8 Å². The number of carbonyl (C=O) groups is 2. The van der Waals surface area contributed by atoms with E-state index in [1.165, 1.54) is 4.90 Å². The molecule has 0 bridgehead atoms. The van der Waals surface area contributed by atoms with E-state index in [0.717, 1.165) is 0 Å². The van der Waals surface area contributed by atoms with Gasteiger partial charge in [0.2, 0.25) is 11.8 Å². The third-order valence-electron chi connectivity index (χ3n) is 3.08. The number of rotatable bonds is 2. The molecule has 1 fully saturated rings. The van der Waals surface area contributed by atoms with Crippen molar-refractivity contribution in [3.05, 3.63) is 12.2 Å². The van der Waals surface area contributed by atoms with Crippen LogP contribution in [0.1, 0.15) is 19.3 Å². The zero-order valence-electron chi connectivity index (χ0n) is 8.48. The van der Waals surface area contributed by atoms with Crippen LogP contribution in [0.2, 0.25) is 0 Å². The monoisotopic (exact) mass is 203 g/mol. The average molecular weight is 203 g/mol. The smallest absolute Gasteiger partial charge is 0.233 e. The lowest BCUT2D eigenvalue weighted by molar-refractivity contribution is -0.139. The van der Waals surface area contributed by atoms with Crippen molar-refractivity contribution >= 4 is 11.8 Å². The van der Waals surface area contributed by atoms with Crippen molar-refractivity contribution in [1.29, 1.82) is 0 Å². The highest BCUT2D eigenvalue weighted by atomic mass is 16.2. The van der Waals surface area contributed by atoms with Gasteiger partial charge < -0.3 is 0 Å². The average Bonchev–Trinajstić information content (AvgIpc) is 2.51. The van der Waals surface area contributed by atoms with Gasteiger partial charge in [0.25, 0.3) is 0 Å². The van der Waals surface area contributed by atoms with E-state index in [2.05, 4.69) is 5.92 Å². The Balaban J connectivity index is 2.14. The van der Waals surface area contributed by atoms with Crippen LogP contribution in [0.15, 0.2) is 12.2 Å². The fourth-order valence-electron chi connectivity index (χ4n) is 2.27. The zero-order valence-corrected chi connectivity index (χ0v) is 8.48. The van der Waals surface area contributed by atoms with Crippen LogP contribution < -0.4 is 0 Å². The molecule has 78 valence electrons. The Bertz CT molecular complexity index is 338. The van der Waals surface area contributed by atoms with Crippen molar-refractivity contribution in [2.75, 3.05) is 6.54 Å². The lowest BCUT2D eigenvalue weighted by Crippen LogP contribution is -2.31. The molecule has 2 aliphatic rings. The molecule has 2 amide bonds. The molecule has 2 rings (SSSR count). The molecule has 3 nitrogen and oxygen atoms in total. The summed E-state index contributed by atoms with van der Waals surface area (Å²) in [7, 11) is 0. The summed E-state index contributed by atoms with van der Waals surface area (Å²) < 4.78 is 0. The topological polar surface area (TPSA) is 37.4 Å². The number of terminal acetylenes is 1. The molecule has 0 aromatic rings. The van der Waals surface area contributed by atoms with Crippen LogP contribution in [0.25, 0.3) is 0 Å². The lowest BCUT2D eigenvalue weighted by Gasteiger charge is -2.14. The molecule has 1 saturated heterocycles. The summed E-state index contributed by atoms with van der Waals surface area (Å²) in [6.07, 6.45) is 10.9. The van der Waals surface area contributed by atoms with Gasteiger partial charge in [0.05, 0.1) is 11.8 Å². The molecular weight excluding hydrogens is 190 g/mol. The predicted octanol–water partition coefficient (Wildman–Crippen LogP) is 0.961. The zero-order chi connectivity index (χ0) is 10.8. The third-order valence-corrected chi connectivity index (χ3v) is 3.08. The van der Waals surface area contributed by atoms with Gasteiger partial charge in [-0.05, 0) is 12.8 Å². The molecule has 1 aliphatic carbocycles. The number of likely N-dealkylation sites (tertiary alicyclic amines) is 1. The summed E-state index contributed by atoms with van der Waals surface area (Å²) in [5, 5.41) is 0. The number of amides is 2.